The number of hydrogen-bond acceptors (Lipinski definition) is 5. The standard InChI is InChI=1S/C12H15N5O2/c1-8-3-4-10(5-9(8)2)19-7-12(18)13-6-11-14-16-17-15-11/h3-5H,6-7H2,1-2H3,(H,13,18)(H,14,15,16,17). The summed E-state index contributed by atoms with van der Waals surface area (Å²) in [6, 6.07) is 5.71. The monoisotopic (exact) mass is 261 g/mol. The van der Waals surface area contributed by atoms with Gasteiger partial charge in [-0.2, -0.15) is 5.21 Å². The lowest BCUT2D eigenvalue weighted by Gasteiger charge is -2.08. The van der Waals surface area contributed by atoms with E-state index >= 15 is 0 Å². The molecule has 2 aromatic rings. The Morgan fingerprint density at radius 2 is 2.21 bits per heavy atom. The van der Waals surface area contributed by atoms with Crippen LogP contribution in [0, 0.1) is 13.8 Å². The fraction of sp³-hybridized carbons (Fsp3) is 0.333. The van der Waals surface area contributed by atoms with Crippen molar-refractivity contribution in [1.29, 1.82) is 0 Å². The highest BCUT2D eigenvalue weighted by Gasteiger charge is 2.05. The molecule has 0 saturated carbocycles. The Labute approximate surface area is 110 Å². The largest absolute Gasteiger partial charge is 0.484 e. The first-order chi connectivity index (χ1) is 9.15. The number of aryl methyl sites for hydroxylation is 2. The number of nitrogens with one attached hydrogen (secondary N) is 2. The van der Waals surface area contributed by atoms with E-state index in [0.717, 1.165) is 5.56 Å². The first kappa shape index (κ1) is 13.0. The number of carbonyl (C=O) groups is 1. The van der Waals surface area contributed by atoms with Gasteiger partial charge in [-0.05, 0) is 37.1 Å². The van der Waals surface area contributed by atoms with Gasteiger partial charge in [-0.3, -0.25) is 4.79 Å². The molecule has 0 fully saturated rings. The Balaban J connectivity index is 1.78. The SMILES string of the molecule is Cc1ccc(OCC(=O)NCc2nn[nH]n2)cc1C. The molecule has 0 bridgehead atoms. The molecule has 1 amide bonds. The van der Waals surface area contributed by atoms with Gasteiger partial charge in [0.2, 0.25) is 0 Å². The van der Waals surface area contributed by atoms with Gasteiger partial charge in [0.15, 0.2) is 12.4 Å². The lowest BCUT2D eigenvalue weighted by atomic mass is 10.1. The number of tetrazole rings is 1. The molecule has 2 N–H and O–H groups in total. The molecule has 0 radical (unpaired) electrons. The number of aromatic nitrogens is 4. The second-order valence-corrected chi connectivity index (χ2v) is 4.14. The summed E-state index contributed by atoms with van der Waals surface area (Å²) in [5.41, 5.74) is 2.32. The quantitative estimate of drug-likeness (QED) is 0.818. The van der Waals surface area contributed by atoms with Gasteiger partial charge in [-0.25, -0.2) is 0 Å². The number of ether oxygens (including phenoxy) is 1. The number of rotatable bonds is 5. The Bertz CT molecular complexity index is 553. The maximum Gasteiger partial charge on any atom is 0.258 e. The van der Waals surface area contributed by atoms with E-state index in [1.165, 1.54) is 5.56 Å². The molecular formula is C12H15N5O2. The molecule has 0 spiro atoms. The predicted molar refractivity (Wildman–Crippen MR) is 67.4 cm³/mol. The van der Waals surface area contributed by atoms with Crippen LogP contribution in [0.1, 0.15) is 17.0 Å². The molecule has 0 aliphatic carbocycles. The summed E-state index contributed by atoms with van der Waals surface area (Å²) in [5, 5.41) is 15.8. The summed E-state index contributed by atoms with van der Waals surface area (Å²) >= 11 is 0. The van der Waals surface area contributed by atoms with Gasteiger partial charge in [0.05, 0.1) is 6.54 Å². The molecule has 7 nitrogen and oxygen atoms in total. The van der Waals surface area contributed by atoms with E-state index in [2.05, 4.69) is 25.9 Å². The summed E-state index contributed by atoms with van der Waals surface area (Å²) in [6.07, 6.45) is 0. The molecule has 0 aliphatic heterocycles. The van der Waals surface area contributed by atoms with Crippen LogP contribution in [-0.4, -0.2) is 33.1 Å². The Hall–Kier alpha value is -2.44. The van der Waals surface area contributed by atoms with Crippen molar-refractivity contribution in [2.75, 3.05) is 6.61 Å². The first-order valence-corrected chi connectivity index (χ1v) is 5.84. The van der Waals surface area contributed by atoms with Gasteiger partial charge in [-0.1, -0.05) is 11.3 Å². The zero-order chi connectivity index (χ0) is 13.7. The summed E-state index contributed by atoms with van der Waals surface area (Å²) in [6.45, 7) is 4.21. The number of H-pyrrole nitrogens is 1. The first-order valence-electron chi connectivity index (χ1n) is 5.84. The lowest BCUT2D eigenvalue weighted by Crippen LogP contribution is -2.28. The minimum atomic E-state index is -0.233. The van der Waals surface area contributed by atoms with Gasteiger partial charge < -0.3 is 10.1 Å². The molecule has 1 heterocycles. The molecule has 2 rings (SSSR count). The molecule has 0 unspecified atom stereocenters. The number of hydrogen-bond donors (Lipinski definition) is 2. The normalized spacial score (nSPS) is 10.2. The predicted octanol–water partition coefficient (Wildman–Crippen LogP) is 0.512. The summed E-state index contributed by atoms with van der Waals surface area (Å²) < 4.78 is 5.40. The van der Waals surface area contributed by atoms with Crippen LogP contribution < -0.4 is 10.1 Å². The highest BCUT2D eigenvalue weighted by atomic mass is 16.5. The Morgan fingerprint density at radius 1 is 1.37 bits per heavy atom. The van der Waals surface area contributed by atoms with E-state index in [9.17, 15) is 4.79 Å². The van der Waals surface area contributed by atoms with Crippen molar-refractivity contribution in [1.82, 2.24) is 25.9 Å². The molecule has 19 heavy (non-hydrogen) atoms. The summed E-state index contributed by atoms with van der Waals surface area (Å²) in [5.74, 6) is 0.875. The number of aromatic amines is 1. The number of carbonyl (C=O) groups excluding carboxylic acids is 1. The lowest BCUT2D eigenvalue weighted by molar-refractivity contribution is -0.123. The van der Waals surface area contributed by atoms with E-state index < -0.39 is 0 Å². The van der Waals surface area contributed by atoms with Crippen LogP contribution in [0.4, 0.5) is 0 Å². The smallest absolute Gasteiger partial charge is 0.258 e. The molecule has 7 heteroatoms. The van der Waals surface area contributed by atoms with Gasteiger partial charge in [0, 0.05) is 0 Å². The maximum absolute atomic E-state index is 11.5. The number of nitrogens with zero attached hydrogens (tertiary/aromatic N) is 3. The fourth-order valence-corrected chi connectivity index (χ4v) is 1.44. The third kappa shape index (κ3) is 3.77. The van der Waals surface area contributed by atoms with Crippen molar-refractivity contribution in [2.45, 2.75) is 20.4 Å². The molecule has 1 aromatic heterocycles. The minimum Gasteiger partial charge on any atom is -0.484 e. The third-order valence-corrected chi connectivity index (χ3v) is 2.68. The van der Waals surface area contributed by atoms with Crippen molar-refractivity contribution >= 4 is 5.91 Å². The van der Waals surface area contributed by atoms with Gasteiger partial charge in [0.25, 0.3) is 5.91 Å². The molecule has 1 aromatic carbocycles. The maximum atomic E-state index is 11.5. The summed E-state index contributed by atoms with van der Waals surface area (Å²) in [7, 11) is 0. The minimum absolute atomic E-state index is 0.0413. The number of benzene rings is 1. The van der Waals surface area contributed by atoms with Gasteiger partial charge in [0.1, 0.15) is 5.75 Å². The molecule has 0 atom stereocenters. The van der Waals surface area contributed by atoms with Crippen molar-refractivity contribution < 1.29 is 9.53 Å². The van der Waals surface area contributed by atoms with E-state index in [0.29, 0.717) is 11.6 Å². The van der Waals surface area contributed by atoms with Crippen LogP contribution in [0.5, 0.6) is 5.75 Å². The molecule has 0 saturated heterocycles. The Kier molecular flexibility index (Phi) is 4.07. The average molecular weight is 261 g/mol. The Morgan fingerprint density at radius 3 is 2.89 bits per heavy atom. The molecular weight excluding hydrogens is 246 g/mol. The molecule has 100 valence electrons. The third-order valence-electron chi connectivity index (χ3n) is 2.68. The topological polar surface area (TPSA) is 92.8 Å². The van der Waals surface area contributed by atoms with Crippen LogP contribution in [0.3, 0.4) is 0 Å². The van der Waals surface area contributed by atoms with Crippen LogP contribution in [0.15, 0.2) is 18.2 Å². The van der Waals surface area contributed by atoms with Gasteiger partial charge in [-0.15, -0.1) is 10.2 Å². The van der Waals surface area contributed by atoms with E-state index in [4.69, 9.17) is 4.74 Å². The summed E-state index contributed by atoms with van der Waals surface area (Å²) in [4.78, 5) is 11.5. The van der Waals surface area contributed by atoms with E-state index in [-0.39, 0.29) is 19.1 Å². The zero-order valence-electron chi connectivity index (χ0n) is 10.8. The second-order valence-electron chi connectivity index (χ2n) is 4.14. The van der Waals surface area contributed by atoms with Crippen LogP contribution in [0.25, 0.3) is 0 Å². The fourth-order valence-electron chi connectivity index (χ4n) is 1.44. The average Bonchev–Trinajstić information content (AvgIpc) is 2.91. The number of amides is 1. The van der Waals surface area contributed by atoms with Crippen molar-refractivity contribution in [3.05, 3.63) is 35.2 Å². The van der Waals surface area contributed by atoms with Crippen molar-refractivity contribution in [3.63, 3.8) is 0 Å². The van der Waals surface area contributed by atoms with Gasteiger partial charge >= 0.3 is 0 Å². The second kappa shape index (κ2) is 5.94. The molecule has 0 aliphatic rings. The van der Waals surface area contributed by atoms with Crippen LogP contribution >= 0.6 is 0 Å². The highest BCUT2D eigenvalue weighted by Crippen LogP contribution is 2.16. The van der Waals surface area contributed by atoms with Crippen molar-refractivity contribution in [2.24, 2.45) is 0 Å². The van der Waals surface area contributed by atoms with Crippen LogP contribution in [0.2, 0.25) is 0 Å². The highest BCUT2D eigenvalue weighted by molar-refractivity contribution is 5.77. The van der Waals surface area contributed by atoms with E-state index in [1.807, 2.05) is 32.0 Å². The van der Waals surface area contributed by atoms with Crippen LogP contribution in [-0.2, 0) is 11.3 Å². The van der Waals surface area contributed by atoms with E-state index in [1.54, 1.807) is 0 Å². The zero-order valence-corrected chi connectivity index (χ0v) is 10.8. The van der Waals surface area contributed by atoms with Crippen molar-refractivity contribution in [3.8, 4) is 5.75 Å².